The second kappa shape index (κ2) is 14.2. The summed E-state index contributed by atoms with van der Waals surface area (Å²) < 4.78 is 11.1. The molecule has 0 aromatic heterocycles. The molecule has 6 nitrogen and oxygen atoms in total. The highest BCUT2D eigenvalue weighted by Crippen LogP contribution is 2.42. The third kappa shape index (κ3) is 8.33. The highest BCUT2D eigenvalue weighted by molar-refractivity contribution is 6.76. The Morgan fingerprint density at radius 3 is 2.32 bits per heavy atom. The van der Waals surface area contributed by atoms with Gasteiger partial charge in [0.1, 0.15) is 0 Å². The highest BCUT2D eigenvalue weighted by Gasteiger charge is 2.38. The minimum Gasteiger partial charge on any atom is -0.392 e. The summed E-state index contributed by atoms with van der Waals surface area (Å²) in [6, 6.07) is 23.8. The predicted molar refractivity (Wildman–Crippen MR) is 165 cm³/mol. The van der Waals surface area contributed by atoms with Crippen LogP contribution in [-0.4, -0.2) is 45.9 Å². The van der Waals surface area contributed by atoms with Crippen LogP contribution in [0.5, 0.6) is 0 Å². The molecular formula is C32H35Cl3N2O4. The van der Waals surface area contributed by atoms with Crippen LogP contribution in [0.1, 0.15) is 41.6 Å². The monoisotopic (exact) mass is 616 g/mol. The summed E-state index contributed by atoms with van der Waals surface area (Å²) in [5, 5.41) is 12.1. The van der Waals surface area contributed by atoms with Gasteiger partial charge in [0.25, 0.3) is 9.70 Å². The van der Waals surface area contributed by atoms with E-state index in [2.05, 4.69) is 30.8 Å². The maximum Gasteiger partial charge on any atom is 0.272 e. The summed E-state index contributed by atoms with van der Waals surface area (Å²) in [5.41, 5.74) is 5.70. The molecule has 3 aromatic carbocycles. The fourth-order valence-corrected chi connectivity index (χ4v) is 5.11. The Bertz CT molecular complexity index is 1310. The summed E-state index contributed by atoms with van der Waals surface area (Å²) in [6.45, 7) is 7.74. The normalized spacial score (nSPS) is 21.0. The van der Waals surface area contributed by atoms with Gasteiger partial charge in [-0.15, -0.1) is 6.58 Å². The lowest BCUT2D eigenvalue weighted by Crippen LogP contribution is -2.43. The van der Waals surface area contributed by atoms with Crippen molar-refractivity contribution >= 4 is 40.7 Å². The molecule has 1 aliphatic heterocycles. The number of alkyl halides is 3. The first-order valence-electron chi connectivity index (χ1n) is 13.4. The molecule has 0 saturated carbocycles. The quantitative estimate of drug-likeness (QED) is 0.195. The topological polar surface area (TPSA) is 71.0 Å². The fraction of sp³-hybridized carbons (Fsp3) is 0.344. The molecule has 41 heavy (non-hydrogen) atoms. The minimum absolute atomic E-state index is 0.000910. The van der Waals surface area contributed by atoms with E-state index in [1.807, 2.05) is 78.9 Å². The second-order valence-corrected chi connectivity index (χ2v) is 12.6. The molecule has 1 fully saturated rings. The number of rotatable bonds is 10. The van der Waals surface area contributed by atoms with E-state index in [0.717, 1.165) is 46.5 Å². The van der Waals surface area contributed by atoms with E-state index in [1.165, 1.54) is 0 Å². The standard InChI is InChI=1S/C32H35Cl3N2O4/c1-4-16-37(3)19-28-21(2)29(25-10-8-22(20-38)9-11-25)41-30(40-28)26-14-12-24(13-15-26)27-7-5-6-23(17-27)18-36-31(39)32(33,34)35/h4-15,17,21,28-30,38H,1,16,18-20H2,2-3H3,(H,36,39)/t21-,28+,29+,30+/m0/s1. The first-order valence-corrected chi connectivity index (χ1v) is 14.6. The van der Waals surface area contributed by atoms with Crippen molar-refractivity contribution in [2.75, 3.05) is 20.1 Å². The zero-order valence-corrected chi connectivity index (χ0v) is 25.4. The molecule has 218 valence electrons. The van der Waals surface area contributed by atoms with Gasteiger partial charge >= 0.3 is 0 Å². The van der Waals surface area contributed by atoms with Crippen molar-refractivity contribution in [2.24, 2.45) is 5.92 Å². The number of ether oxygens (including phenoxy) is 2. The van der Waals surface area contributed by atoms with Gasteiger partial charge in [0.05, 0.1) is 18.8 Å². The van der Waals surface area contributed by atoms with Crippen LogP contribution >= 0.6 is 34.8 Å². The molecule has 4 atom stereocenters. The Morgan fingerprint density at radius 1 is 1.00 bits per heavy atom. The van der Waals surface area contributed by atoms with Gasteiger partial charge in [0.2, 0.25) is 0 Å². The summed E-state index contributed by atoms with van der Waals surface area (Å²) in [4.78, 5) is 14.1. The number of nitrogens with zero attached hydrogens (tertiary/aromatic N) is 1. The van der Waals surface area contributed by atoms with Crippen molar-refractivity contribution in [1.29, 1.82) is 0 Å². The van der Waals surface area contributed by atoms with Gasteiger partial charge in [0.15, 0.2) is 6.29 Å². The van der Waals surface area contributed by atoms with Crippen LogP contribution in [0, 0.1) is 5.92 Å². The van der Waals surface area contributed by atoms with Crippen LogP contribution in [0.4, 0.5) is 0 Å². The molecule has 0 spiro atoms. The largest absolute Gasteiger partial charge is 0.392 e. The Morgan fingerprint density at radius 2 is 1.68 bits per heavy atom. The molecule has 4 rings (SSSR count). The number of aliphatic hydroxyl groups excluding tert-OH is 1. The Kier molecular flexibility index (Phi) is 10.9. The molecule has 3 aromatic rings. The van der Waals surface area contributed by atoms with Crippen LogP contribution in [0.15, 0.2) is 85.5 Å². The molecular weight excluding hydrogens is 583 g/mol. The first-order chi connectivity index (χ1) is 19.6. The zero-order chi connectivity index (χ0) is 29.6. The van der Waals surface area contributed by atoms with Crippen molar-refractivity contribution in [3.8, 4) is 11.1 Å². The number of hydrogen-bond donors (Lipinski definition) is 2. The summed E-state index contributed by atoms with van der Waals surface area (Å²) in [6.07, 6.45) is 1.09. The summed E-state index contributed by atoms with van der Waals surface area (Å²) in [5.74, 6) is -0.571. The molecule has 1 amide bonds. The number of carbonyl (C=O) groups is 1. The number of hydrogen-bond acceptors (Lipinski definition) is 5. The Balaban J connectivity index is 1.53. The van der Waals surface area contributed by atoms with Crippen LogP contribution in [0.25, 0.3) is 11.1 Å². The van der Waals surface area contributed by atoms with Gasteiger partial charge in [-0.1, -0.05) is 115 Å². The number of likely N-dealkylation sites (N-methyl/N-ethyl adjacent to an activating group) is 1. The maximum atomic E-state index is 11.9. The third-order valence-corrected chi connectivity index (χ3v) is 7.72. The molecule has 2 N–H and O–H groups in total. The van der Waals surface area contributed by atoms with Gasteiger partial charge < -0.3 is 24.8 Å². The van der Waals surface area contributed by atoms with Crippen molar-refractivity contribution < 1.29 is 19.4 Å². The Hall–Kier alpha value is -2.42. The summed E-state index contributed by atoms with van der Waals surface area (Å²) in [7, 11) is 2.05. The van der Waals surface area contributed by atoms with E-state index in [9.17, 15) is 9.90 Å². The van der Waals surface area contributed by atoms with Crippen LogP contribution in [0.2, 0.25) is 0 Å². The number of benzene rings is 3. The van der Waals surface area contributed by atoms with Gasteiger partial charge in [-0.25, -0.2) is 0 Å². The van der Waals surface area contributed by atoms with Crippen molar-refractivity contribution in [3.63, 3.8) is 0 Å². The second-order valence-electron chi connectivity index (χ2n) is 10.3. The molecule has 0 unspecified atom stereocenters. The van der Waals surface area contributed by atoms with Gasteiger partial charge in [-0.2, -0.15) is 0 Å². The van der Waals surface area contributed by atoms with Crippen molar-refractivity contribution in [3.05, 3.63) is 108 Å². The third-order valence-electron chi connectivity index (χ3n) is 7.21. The zero-order valence-electron chi connectivity index (χ0n) is 23.1. The van der Waals surface area contributed by atoms with Crippen LogP contribution in [0.3, 0.4) is 0 Å². The maximum absolute atomic E-state index is 11.9. The minimum atomic E-state index is -2.00. The van der Waals surface area contributed by atoms with E-state index >= 15 is 0 Å². The van der Waals surface area contributed by atoms with E-state index in [-0.39, 0.29) is 31.3 Å². The lowest BCUT2D eigenvalue weighted by molar-refractivity contribution is -0.275. The van der Waals surface area contributed by atoms with Gasteiger partial charge in [-0.3, -0.25) is 4.79 Å². The van der Waals surface area contributed by atoms with Crippen molar-refractivity contribution in [2.45, 2.75) is 42.4 Å². The molecule has 0 radical (unpaired) electrons. The molecule has 1 aliphatic rings. The van der Waals surface area contributed by atoms with E-state index < -0.39 is 16.0 Å². The lowest BCUT2D eigenvalue weighted by Gasteiger charge is -2.42. The SMILES string of the molecule is C=CCN(C)C[C@H]1O[C@@H](c2ccc(-c3cccc(CNC(=O)C(Cl)(Cl)Cl)c3)cc2)O[C@@H](c2ccc(CO)cc2)[C@H]1C. The average molecular weight is 618 g/mol. The molecule has 9 heteroatoms. The van der Waals surface area contributed by atoms with Gasteiger partial charge in [0, 0.05) is 31.1 Å². The summed E-state index contributed by atoms with van der Waals surface area (Å²) >= 11 is 17.0. The van der Waals surface area contributed by atoms with Crippen LogP contribution < -0.4 is 5.32 Å². The molecule has 0 aliphatic carbocycles. The molecule has 0 bridgehead atoms. The highest BCUT2D eigenvalue weighted by atomic mass is 35.6. The smallest absolute Gasteiger partial charge is 0.272 e. The lowest BCUT2D eigenvalue weighted by atomic mass is 9.90. The van der Waals surface area contributed by atoms with Crippen molar-refractivity contribution in [1.82, 2.24) is 10.2 Å². The average Bonchev–Trinajstić information content (AvgIpc) is 2.97. The molecule has 1 saturated heterocycles. The van der Waals surface area contributed by atoms with E-state index in [0.29, 0.717) is 0 Å². The number of amides is 1. The fourth-order valence-electron chi connectivity index (χ4n) is 4.91. The number of aliphatic hydroxyl groups is 1. The predicted octanol–water partition coefficient (Wildman–Crippen LogP) is 6.74. The van der Waals surface area contributed by atoms with E-state index in [1.54, 1.807) is 0 Å². The Labute approximate surface area is 256 Å². The molecule has 1 heterocycles. The first kappa shape index (κ1) is 31.5. The van der Waals surface area contributed by atoms with E-state index in [4.69, 9.17) is 44.3 Å². The van der Waals surface area contributed by atoms with Crippen LogP contribution in [-0.2, 0) is 27.4 Å². The number of nitrogens with one attached hydrogen (secondary N) is 1. The van der Waals surface area contributed by atoms with Gasteiger partial charge in [-0.05, 0) is 40.9 Å². The number of carbonyl (C=O) groups excluding carboxylic acids is 1. The number of halogens is 3.